The second-order valence-electron chi connectivity index (χ2n) is 3.12. The van der Waals surface area contributed by atoms with E-state index in [9.17, 15) is 9.59 Å². The van der Waals surface area contributed by atoms with E-state index >= 15 is 0 Å². The third-order valence-corrected chi connectivity index (χ3v) is 2.42. The van der Waals surface area contributed by atoms with E-state index in [1.54, 1.807) is 13.0 Å². The van der Waals surface area contributed by atoms with Crippen LogP contribution in [0, 0.1) is 0 Å². The Morgan fingerprint density at radius 2 is 1.87 bits per heavy atom. The molecule has 78 valence electrons. The van der Waals surface area contributed by atoms with E-state index in [-0.39, 0.29) is 5.33 Å². The van der Waals surface area contributed by atoms with Crippen molar-refractivity contribution in [1.29, 1.82) is 0 Å². The summed E-state index contributed by atoms with van der Waals surface area (Å²) in [6.07, 6.45) is 1.71. The van der Waals surface area contributed by atoms with Gasteiger partial charge in [0.1, 0.15) is 0 Å². The van der Waals surface area contributed by atoms with Gasteiger partial charge in [-0.3, -0.25) is 9.59 Å². The fourth-order valence-electron chi connectivity index (χ4n) is 1.15. The highest BCUT2D eigenvalue weighted by Crippen LogP contribution is 2.07. The van der Waals surface area contributed by atoms with Crippen LogP contribution in [0.4, 0.5) is 0 Å². The molecule has 0 spiro atoms. The smallest absolute Gasteiger partial charge is 0.225 e. The molecular weight excluding hydrogens is 256 g/mol. The van der Waals surface area contributed by atoms with Crippen molar-refractivity contribution in [2.24, 2.45) is 0 Å². The minimum Gasteiger partial charge on any atom is -0.290 e. The van der Waals surface area contributed by atoms with Gasteiger partial charge < -0.3 is 0 Å². The normalized spacial score (nSPS) is 11.2. The van der Waals surface area contributed by atoms with E-state index in [4.69, 9.17) is 0 Å². The highest BCUT2D eigenvalue weighted by molar-refractivity contribution is 9.09. The van der Waals surface area contributed by atoms with Crippen LogP contribution in [0.2, 0.25) is 0 Å². The Kier molecular flexibility index (Phi) is 4.43. The van der Waals surface area contributed by atoms with Crippen LogP contribution in [0.3, 0.4) is 0 Å². The highest BCUT2D eigenvalue weighted by Gasteiger charge is 2.13. The number of hydrogen-bond donors (Lipinski definition) is 0. The summed E-state index contributed by atoms with van der Waals surface area (Å²) >= 11 is 2.97. The molecule has 0 atom stereocenters. The van der Waals surface area contributed by atoms with Gasteiger partial charge in [0.25, 0.3) is 0 Å². The Balaban J connectivity index is 2.85. The van der Waals surface area contributed by atoms with Crippen molar-refractivity contribution in [2.75, 3.05) is 5.33 Å². The van der Waals surface area contributed by atoms with Crippen LogP contribution in [0.25, 0.3) is 6.08 Å². The molecule has 3 heteroatoms. The van der Waals surface area contributed by atoms with Gasteiger partial charge >= 0.3 is 0 Å². The molecule has 0 amide bonds. The number of rotatable bonds is 4. The summed E-state index contributed by atoms with van der Waals surface area (Å²) in [4.78, 5) is 22.5. The van der Waals surface area contributed by atoms with Crippen LogP contribution in [0.15, 0.2) is 35.9 Å². The number of ketones is 2. The van der Waals surface area contributed by atoms with Gasteiger partial charge in [0.15, 0.2) is 0 Å². The second-order valence-corrected chi connectivity index (χ2v) is 3.68. The van der Waals surface area contributed by atoms with Crippen molar-refractivity contribution in [2.45, 2.75) is 6.92 Å². The molecule has 15 heavy (non-hydrogen) atoms. The molecule has 2 nitrogen and oxygen atoms in total. The molecular formula is C12H11BrO2. The Bertz CT molecular complexity index is 393. The summed E-state index contributed by atoms with van der Waals surface area (Å²) in [5, 5.41) is 0.0752. The lowest BCUT2D eigenvalue weighted by Crippen LogP contribution is -2.15. The first-order valence-electron chi connectivity index (χ1n) is 4.52. The van der Waals surface area contributed by atoms with E-state index in [1.165, 1.54) is 0 Å². The van der Waals surface area contributed by atoms with E-state index in [0.29, 0.717) is 5.57 Å². The van der Waals surface area contributed by atoms with E-state index < -0.39 is 11.6 Å². The number of halogens is 1. The molecule has 0 bridgehead atoms. The average molecular weight is 267 g/mol. The van der Waals surface area contributed by atoms with E-state index in [0.717, 1.165) is 5.56 Å². The van der Waals surface area contributed by atoms with Gasteiger partial charge in [-0.2, -0.15) is 0 Å². The maximum atomic E-state index is 11.4. The van der Waals surface area contributed by atoms with Crippen LogP contribution in [0.1, 0.15) is 12.5 Å². The van der Waals surface area contributed by atoms with Crippen LogP contribution in [0.5, 0.6) is 0 Å². The van der Waals surface area contributed by atoms with Crippen molar-refractivity contribution in [3.05, 3.63) is 41.5 Å². The average Bonchev–Trinajstić information content (AvgIpc) is 2.28. The molecule has 0 fully saturated rings. The lowest BCUT2D eigenvalue weighted by Gasteiger charge is -1.98. The fraction of sp³-hybridized carbons (Fsp3) is 0.167. The van der Waals surface area contributed by atoms with Gasteiger partial charge in [-0.15, -0.1) is 0 Å². The molecule has 0 radical (unpaired) electrons. The zero-order valence-corrected chi connectivity index (χ0v) is 9.95. The molecule has 0 saturated carbocycles. The maximum Gasteiger partial charge on any atom is 0.225 e. The van der Waals surface area contributed by atoms with Crippen molar-refractivity contribution < 1.29 is 9.59 Å². The van der Waals surface area contributed by atoms with Crippen molar-refractivity contribution in [1.82, 2.24) is 0 Å². The third kappa shape index (κ3) is 3.44. The molecule has 0 aliphatic rings. The monoisotopic (exact) mass is 266 g/mol. The lowest BCUT2D eigenvalue weighted by atomic mass is 10.1. The second kappa shape index (κ2) is 5.61. The standard InChI is InChI=1S/C12H11BrO2/c1-9(12(15)11(14)8-13)7-10-5-3-2-4-6-10/h2-7H,8H2,1H3/b9-7+. The summed E-state index contributed by atoms with van der Waals surface area (Å²) in [6, 6.07) is 9.44. The third-order valence-electron chi connectivity index (χ3n) is 1.92. The van der Waals surface area contributed by atoms with Crippen molar-refractivity contribution in [3.8, 4) is 0 Å². The Hall–Kier alpha value is -1.22. The Morgan fingerprint density at radius 1 is 1.27 bits per heavy atom. The van der Waals surface area contributed by atoms with Crippen molar-refractivity contribution in [3.63, 3.8) is 0 Å². The largest absolute Gasteiger partial charge is 0.290 e. The van der Waals surface area contributed by atoms with E-state index in [2.05, 4.69) is 15.9 Å². The topological polar surface area (TPSA) is 34.1 Å². The van der Waals surface area contributed by atoms with Gasteiger partial charge in [-0.25, -0.2) is 0 Å². The molecule has 1 rings (SSSR count). The molecule has 1 aromatic rings. The van der Waals surface area contributed by atoms with Gasteiger partial charge in [0, 0.05) is 5.57 Å². The van der Waals surface area contributed by atoms with Gasteiger partial charge in [-0.1, -0.05) is 46.3 Å². The number of allylic oxidation sites excluding steroid dienone is 1. The Labute approximate surface area is 97.1 Å². The molecule has 0 saturated heterocycles. The van der Waals surface area contributed by atoms with Crippen LogP contribution in [-0.4, -0.2) is 16.9 Å². The summed E-state index contributed by atoms with van der Waals surface area (Å²) < 4.78 is 0. The number of Topliss-reactive ketones (excluding diaryl/α,β-unsaturated/α-hetero) is 2. The first-order chi connectivity index (χ1) is 7.15. The van der Waals surface area contributed by atoms with Gasteiger partial charge in [-0.05, 0) is 18.6 Å². The zero-order chi connectivity index (χ0) is 11.3. The quantitative estimate of drug-likeness (QED) is 0.477. The molecule has 0 aromatic heterocycles. The molecule has 0 heterocycles. The number of benzene rings is 1. The lowest BCUT2D eigenvalue weighted by molar-refractivity contribution is -0.132. The van der Waals surface area contributed by atoms with Gasteiger partial charge in [0.2, 0.25) is 11.6 Å². The molecule has 0 aliphatic carbocycles. The highest BCUT2D eigenvalue weighted by atomic mass is 79.9. The minimum absolute atomic E-state index is 0.0752. The van der Waals surface area contributed by atoms with Crippen molar-refractivity contribution >= 4 is 33.6 Å². The SMILES string of the molecule is C/C(=C\c1ccccc1)C(=O)C(=O)CBr. The predicted octanol–water partition coefficient (Wildman–Crippen LogP) is 2.62. The molecule has 0 aliphatic heterocycles. The first kappa shape index (κ1) is 11.9. The summed E-state index contributed by atoms with van der Waals surface area (Å²) in [7, 11) is 0. The summed E-state index contributed by atoms with van der Waals surface area (Å²) in [5.74, 6) is -0.851. The number of carbonyl (C=O) groups excluding carboxylic acids is 2. The fourth-order valence-corrected chi connectivity index (χ4v) is 1.40. The zero-order valence-electron chi connectivity index (χ0n) is 8.37. The summed E-state index contributed by atoms with van der Waals surface area (Å²) in [6.45, 7) is 1.65. The van der Waals surface area contributed by atoms with Crippen LogP contribution >= 0.6 is 15.9 Å². The first-order valence-corrected chi connectivity index (χ1v) is 5.64. The molecule has 0 unspecified atom stereocenters. The number of hydrogen-bond acceptors (Lipinski definition) is 2. The number of alkyl halides is 1. The van der Waals surface area contributed by atoms with E-state index in [1.807, 2.05) is 30.3 Å². The Morgan fingerprint density at radius 3 is 2.40 bits per heavy atom. The van der Waals surface area contributed by atoms with Gasteiger partial charge in [0.05, 0.1) is 5.33 Å². The van der Waals surface area contributed by atoms with Crippen LogP contribution < -0.4 is 0 Å². The molecule has 0 N–H and O–H groups in total. The summed E-state index contributed by atoms with van der Waals surface area (Å²) in [5.41, 5.74) is 1.39. The van der Waals surface area contributed by atoms with Crippen LogP contribution in [-0.2, 0) is 9.59 Å². The predicted molar refractivity (Wildman–Crippen MR) is 63.9 cm³/mol. The molecule has 1 aromatic carbocycles. The maximum absolute atomic E-state index is 11.4. The minimum atomic E-state index is -0.435. The number of carbonyl (C=O) groups is 2.